The van der Waals surface area contributed by atoms with Gasteiger partial charge in [-0.15, -0.1) is 0 Å². The maximum absolute atomic E-state index is 14.1. The molecule has 0 heterocycles. The zero-order valence-electron chi connectivity index (χ0n) is 10.8. The van der Waals surface area contributed by atoms with Crippen LogP contribution < -0.4 is 4.90 Å². The summed E-state index contributed by atoms with van der Waals surface area (Å²) in [6, 6.07) is 8.42. The number of para-hydroxylation sites is 1. The van der Waals surface area contributed by atoms with Crippen LogP contribution in [0.2, 0.25) is 0 Å². The van der Waals surface area contributed by atoms with Gasteiger partial charge in [-0.05, 0) is 36.8 Å². The van der Waals surface area contributed by atoms with Crippen LogP contribution in [-0.4, -0.2) is 6.54 Å². The average molecular weight is 344 g/mol. The van der Waals surface area contributed by atoms with E-state index in [1.165, 1.54) is 35.2 Å². The molecule has 20 heavy (non-hydrogen) atoms. The van der Waals surface area contributed by atoms with Crippen molar-refractivity contribution in [2.75, 3.05) is 11.4 Å². The lowest BCUT2D eigenvalue weighted by molar-refractivity contribution is 0.575. The first-order valence-electron chi connectivity index (χ1n) is 6.14. The fourth-order valence-electron chi connectivity index (χ4n) is 2.07. The normalized spacial score (nSPS) is 10.7. The molecule has 0 atom stereocenters. The zero-order valence-corrected chi connectivity index (χ0v) is 12.4. The minimum Gasteiger partial charge on any atom is -0.335 e. The van der Waals surface area contributed by atoms with Crippen molar-refractivity contribution in [3.05, 3.63) is 59.4 Å². The number of rotatable bonds is 4. The summed E-state index contributed by atoms with van der Waals surface area (Å²) in [5.41, 5.74) is 0.412. The topological polar surface area (TPSA) is 3.24 Å². The first-order valence-corrected chi connectivity index (χ1v) is 7.26. The molecule has 106 valence electrons. The van der Waals surface area contributed by atoms with Crippen molar-refractivity contribution in [1.82, 2.24) is 0 Å². The molecule has 0 fully saturated rings. The fraction of sp³-hybridized carbons (Fsp3) is 0.200. The Labute approximate surface area is 124 Å². The van der Waals surface area contributed by atoms with E-state index in [0.717, 1.165) is 0 Å². The fourth-order valence-corrected chi connectivity index (χ4v) is 2.40. The average Bonchev–Trinajstić information content (AvgIpc) is 2.43. The lowest BCUT2D eigenvalue weighted by Gasteiger charge is -2.25. The first-order chi connectivity index (χ1) is 9.58. The van der Waals surface area contributed by atoms with Gasteiger partial charge in [0.1, 0.15) is 23.1 Å². The van der Waals surface area contributed by atoms with Crippen molar-refractivity contribution in [1.29, 1.82) is 0 Å². The summed E-state index contributed by atoms with van der Waals surface area (Å²) >= 11 is 3.15. The molecular formula is C15H13BrF3N. The smallest absolute Gasteiger partial charge is 0.150 e. The molecule has 0 N–H and O–H groups in total. The van der Waals surface area contributed by atoms with Gasteiger partial charge in [0.25, 0.3) is 0 Å². The van der Waals surface area contributed by atoms with E-state index >= 15 is 0 Å². The van der Waals surface area contributed by atoms with Crippen LogP contribution in [0, 0.1) is 17.5 Å². The molecular weight excluding hydrogens is 331 g/mol. The van der Waals surface area contributed by atoms with Crippen LogP contribution in [-0.2, 0) is 5.33 Å². The SMILES string of the molecule is CCN(c1ccccc1F)c1c(F)cc(CBr)cc1F. The van der Waals surface area contributed by atoms with E-state index in [1.807, 2.05) is 0 Å². The van der Waals surface area contributed by atoms with Crippen LogP contribution >= 0.6 is 15.9 Å². The van der Waals surface area contributed by atoms with E-state index in [0.29, 0.717) is 10.9 Å². The molecule has 1 nitrogen and oxygen atoms in total. The minimum atomic E-state index is -0.704. The van der Waals surface area contributed by atoms with Gasteiger partial charge in [0.05, 0.1) is 5.69 Å². The Hall–Kier alpha value is -1.49. The first kappa shape index (κ1) is 14.9. The Kier molecular flexibility index (Phi) is 4.70. The number of anilines is 2. The van der Waals surface area contributed by atoms with Crippen molar-refractivity contribution >= 4 is 27.3 Å². The third-order valence-electron chi connectivity index (χ3n) is 2.96. The molecule has 5 heteroatoms. The van der Waals surface area contributed by atoms with Gasteiger partial charge in [0.2, 0.25) is 0 Å². The Morgan fingerprint density at radius 2 is 1.60 bits per heavy atom. The highest BCUT2D eigenvalue weighted by Gasteiger charge is 2.20. The van der Waals surface area contributed by atoms with Crippen molar-refractivity contribution in [2.45, 2.75) is 12.3 Å². The molecule has 0 spiro atoms. The summed E-state index contributed by atoms with van der Waals surface area (Å²) < 4.78 is 42.1. The van der Waals surface area contributed by atoms with Crippen molar-refractivity contribution in [2.24, 2.45) is 0 Å². The van der Waals surface area contributed by atoms with Gasteiger partial charge in [-0.25, -0.2) is 13.2 Å². The molecule has 0 unspecified atom stereocenters. The maximum Gasteiger partial charge on any atom is 0.150 e. The van der Waals surface area contributed by atoms with Crippen molar-refractivity contribution in [3.63, 3.8) is 0 Å². The minimum absolute atomic E-state index is 0.152. The molecule has 0 aliphatic heterocycles. The molecule has 0 saturated carbocycles. The van der Waals surface area contributed by atoms with Gasteiger partial charge in [0, 0.05) is 11.9 Å². The van der Waals surface area contributed by atoms with Gasteiger partial charge in [-0.1, -0.05) is 28.1 Å². The van der Waals surface area contributed by atoms with E-state index in [-0.39, 0.29) is 17.9 Å². The van der Waals surface area contributed by atoms with Crippen LogP contribution in [0.25, 0.3) is 0 Å². The summed E-state index contributed by atoms with van der Waals surface area (Å²) in [6.07, 6.45) is 0. The van der Waals surface area contributed by atoms with Crippen molar-refractivity contribution in [3.8, 4) is 0 Å². The van der Waals surface area contributed by atoms with Crippen LogP contribution in [0.1, 0.15) is 12.5 Å². The zero-order chi connectivity index (χ0) is 14.7. The third kappa shape index (κ3) is 2.82. The highest BCUT2D eigenvalue weighted by Crippen LogP contribution is 2.32. The predicted octanol–water partition coefficient (Wildman–Crippen LogP) is 5.16. The Balaban J connectivity index is 2.56. The number of hydrogen-bond acceptors (Lipinski definition) is 1. The molecule has 2 aromatic rings. The number of hydrogen-bond donors (Lipinski definition) is 0. The predicted molar refractivity (Wildman–Crippen MR) is 78.1 cm³/mol. The van der Waals surface area contributed by atoms with Crippen LogP contribution in [0.4, 0.5) is 24.5 Å². The molecule has 0 bridgehead atoms. The molecule has 0 aromatic heterocycles. The standard InChI is InChI=1S/C15H13BrF3N/c1-2-20(14-6-4-3-5-11(14)17)15-12(18)7-10(9-16)8-13(15)19/h3-8H,2,9H2,1H3. The molecule has 2 rings (SSSR count). The monoisotopic (exact) mass is 343 g/mol. The lowest BCUT2D eigenvalue weighted by atomic mass is 10.1. The van der Waals surface area contributed by atoms with Crippen molar-refractivity contribution < 1.29 is 13.2 Å². The summed E-state index contributed by atoms with van der Waals surface area (Å²) in [6.45, 7) is 1.96. The Morgan fingerprint density at radius 1 is 1.00 bits per heavy atom. The second-order valence-electron chi connectivity index (χ2n) is 4.24. The number of nitrogens with zero attached hydrogens (tertiary/aromatic N) is 1. The lowest BCUT2D eigenvalue weighted by Crippen LogP contribution is -2.20. The summed E-state index contributed by atoms with van der Waals surface area (Å²) in [5, 5.41) is 0.354. The van der Waals surface area contributed by atoms with Gasteiger partial charge in [0.15, 0.2) is 0 Å². The van der Waals surface area contributed by atoms with E-state index in [9.17, 15) is 13.2 Å². The van der Waals surface area contributed by atoms with Crippen LogP contribution in [0.15, 0.2) is 36.4 Å². The Morgan fingerprint density at radius 3 is 2.10 bits per heavy atom. The highest BCUT2D eigenvalue weighted by atomic mass is 79.9. The van der Waals surface area contributed by atoms with Gasteiger partial charge >= 0.3 is 0 Å². The quantitative estimate of drug-likeness (QED) is 0.693. The van der Waals surface area contributed by atoms with Crippen LogP contribution in [0.3, 0.4) is 0 Å². The highest BCUT2D eigenvalue weighted by molar-refractivity contribution is 9.08. The molecule has 0 aliphatic rings. The molecule has 0 aliphatic carbocycles. The number of alkyl halides is 1. The molecule has 0 amide bonds. The van der Waals surface area contributed by atoms with E-state index in [4.69, 9.17) is 0 Å². The largest absolute Gasteiger partial charge is 0.335 e. The summed E-state index contributed by atoms with van der Waals surface area (Å²) in [5.74, 6) is -1.92. The summed E-state index contributed by atoms with van der Waals surface area (Å²) in [4.78, 5) is 1.29. The molecule has 0 radical (unpaired) electrons. The summed E-state index contributed by atoms with van der Waals surface area (Å²) in [7, 11) is 0. The van der Waals surface area contributed by atoms with Gasteiger partial charge in [-0.3, -0.25) is 0 Å². The van der Waals surface area contributed by atoms with Crippen LogP contribution in [0.5, 0.6) is 0 Å². The van der Waals surface area contributed by atoms with E-state index in [2.05, 4.69) is 15.9 Å². The second kappa shape index (κ2) is 6.31. The van der Waals surface area contributed by atoms with E-state index < -0.39 is 17.5 Å². The number of halogens is 4. The molecule has 2 aromatic carbocycles. The van der Waals surface area contributed by atoms with Gasteiger partial charge in [-0.2, -0.15) is 0 Å². The molecule has 0 saturated heterocycles. The number of benzene rings is 2. The Bertz CT molecular complexity index is 593. The van der Waals surface area contributed by atoms with E-state index in [1.54, 1.807) is 13.0 Å². The maximum atomic E-state index is 14.1. The third-order valence-corrected chi connectivity index (χ3v) is 3.61. The van der Waals surface area contributed by atoms with Gasteiger partial charge < -0.3 is 4.90 Å². The second-order valence-corrected chi connectivity index (χ2v) is 4.80.